The van der Waals surface area contributed by atoms with Crippen LogP contribution >= 0.6 is 0 Å². The highest BCUT2D eigenvalue weighted by atomic mass is 32.2. The zero-order valence-corrected chi connectivity index (χ0v) is 19.9. The van der Waals surface area contributed by atoms with Gasteiger partial charge in [0.1, 0.15) is 6.54 Å². The predicted molar refractivity (Wildman–Crippen MR) is 122 cm³/mol. The van der Waals surface area contributed by atoms with Crippen LogP contribution in [0, 0.1) is 6.92 Å². The molecule has 32 heavy (non-hydrogen) atoms. The molecule has 1 aliphatic heterocycles. The molecular weight excluding hydrogens is 428 g/mol. The fourth-order valence-corrected chi connectivity index (χ4v) is 6.94. The summed E-state index contributed by atoms with van der Waals surface area (Å²) in [6, 6.07) is 7.19. The van der Waals surface area contributed by atoms with Crippen LogP contribution in [0.1, 0.15) is 54.8 Å². The third-order valence-corrected chi connectivity index (χ3v) is 8.85. The van der Waals surface area contributed by atoms with Crippen molar-refractivity contribution >= 4 is 16.0 Å². The van der Waals surface area contributed by atoms with Crippen LogP contribution in [0.3, 0.4) is 0 Å². The second-order valence-corrected chi connectivity index (χ2v) is 11.3. The van der Waals surface area contributed by atoms with Crippen molar-refractivity contribution in [2.45, 2.75) is 63.3 Å². The number of carboxylic acid groups (broad SMARTS) is 1. The summed E-state index contributed by atoms with van der Waals surface area (Å²) in [5.74, 6) is -0.867. The van der Waals surface area contributed by atoms with Gasteiger partial charge in [-0.15, -0.1) is 0 Å². The minimum Gasteiger partial charge on any atom is -0.480 e. The van der Waals surface area contributed by atoms with Crippen LogP contribution in [0.5, 0.6) is 0 Å². The summed E-state index contributed by atoms with van der Waals surface area (Å²) in [5.41, 5.74) is 4.90. The van der Waals surface area contributed by atoms with Gasteiger partial charge in [0.15, 0.2) is 0 Å². The molecule has 0 spiro atoms. The zero-order valence-electron chi connectivity index (χ0n) is 19.1. The summed E-state index contributed by atoms with van der Waals surface area (Å²) in [6.07, 6.45) is 3.40. The van der Waals surface area contributed by atoms with Gasteiger partial charge in [-0.25, -0.2) is 8.42 Å². The third kappa shape index (κ3) is 4.11. The zero-order chi connectivity index (χ0) is 23.1. The topological polar surface area (TPSA) is 88.8 Å². The van der Waals surface area contributed by atoms with E-state index in [9.17, 15) is 18.3 Å². The third-order valence-electron chi connectivity index (χ3n) is 6.85. The van der Waals surface area contributed by atoms with Gasteiger partial charge in [0.05, 0.1) is 18.1 Å². The highest BCUT2D eigenvalue weighted by Crippen LogP contribution is 2.42. The van der Waals surface area contributed by atoms with E-state index < -0.39 is 16.0 Å². The molecule has 174 valence electrons. The number of carboxylic acids is 1. The molecular formula is C24H32N2O5S. The summed E-state index contributed by atoms with van der Waals surface area (Å²) >= 11 is 0. The van der Waals surface area contributed by atoms with Gasteiger partial charge in [-0.05, 0) is 48.9 Å². The number of aliphatic carboxylic acids is 1. The van der Waals surface area contributed by atoms with Crippen LogP contribution < -0.4 is 0 Å². The molecule has 0 unspecified atom stereocenters. The molecule has 2 aliphatic rings. The van der Waals surface area contributed by atoms with Gasteiger partial charge in [0, 0.05) is 36.3 Å². The fraction of sp³-hybridized carbons (Fsp3) is 0.542. The lowest BCUT2D eigenvalue weighted by molar-refractivity contribution is -0.137. The molecule has 2 heterocycles. The van der Waals surface area contributed by atoms with Crippen LogP contribution in [0.2, 0.25) is 0 Å². The number of hydrogen-bond acceptors (Lipinski definition) is 4. The Morgan fingerprint density at radius 1 is 1.19 bits per heavy atom. The van der Waals surface area contributed by atoms with Crippen LogP contribution in [0.15, 0.2) is 29.2 Å². The summed E-state index contributed by atoms with van der Waals surface area (Å²) in [5, 5.41) is 9.54. The molecule has 8 heteroatoms. The molecule has 1 aromatic heterocycles. The summed E-state index contributed by atoms with van der Waals surface area (Å²) in [6.45, 7) is 7.74. The van der Waals surface area contributed by atoms with Crippen LogP contribution in [-0.4, -0.2) is 54.7 Å². The monoisotopic (exact) mass is 460 g/mol. The fourth-order valence-electron chi connectivity index (χ4n) is 5.31. The quantitative estimate of drug-likeness (QED) is 0.716. The number of fused-ring (bicyclic) bond motifs is 1. The number of hydrogen-bond donors (Lipinski definition) is 1. The van der Waals surface area contributed by atoms with E-state index in [0.717, 1.165) is 41.8 Å². The molecule has 0 atom stereocenters. The first kappa shape index (κ1) is 23.0. The number of rotatable bonds is 6. The van der Waals surface area contributed by atoms with Crippen molar-refractivity contribution in [1.82, 2.24) is 8.87 Å². The van der Waals surface area contributed by atoms with E-state index >= 15 is 0 Å². The molecule has 4 rings (SSSR count). The van der Waals surface area contributed by atoms with Gasteiger partial charge >= 0.3 is 5.97 Å². The Kier molecular flexibility index (Phi) is 6.22. The smallest absolute Gasteiger partial charge is 0.323 e. The van der Waals surface area contributed by atoms with Crippen molar-refractivity contribution in [3.63, 3.8) is 0 Å². The number of carbonyl (C=O) groups is 1. The Bertz CT molecular complexity index is 1130. The van der Waals surface area contributed by atoms with Gasteiger partial charge in [0.25, 0.3) is 0 Å². The summed E-state index contributed by atoms with van der Waals surface area (Å²) in [7, 11) is -3.63. The van der Waals surface area contributed by atoms with E-state index in [2.05, 4.69) is 13.8 Å². The normalized spacial score (nSPS) is 19.0. The first-order valence-electron chi connectivity index (χ1n) is 11.2. The average molecular weight is 461 g/mol. The molecule has 1 aromatic carbocycles. The number of sulfonamides is 1. The Labute approximate surface area is 190 Å². The van der Waals surface area contributed by atoms with Crippen LogP contribution in [0.25, 0.3) is 0 Å². The standard InChI is InChI=1S/C24H32N2O5S/c1-17-20(19-8-6-10-24(2,3)23(19)26(17)16-22(27)28)15-18-7-4-5-9-21(18)32(29,30)25-11-13-31-14-12-25/h4-5,7,9H,6,8,10-16H2,1-3H3,(H,27,28). The van der Waals surface area contributed by atoms with Crippen molar-refractivity contribution in [2.24, 2.45) is 0 Å². The van der Waals surface area contributed by atoms with Crippen molar-refractivity contribution in [3.05, 3.63) is 52.3 Å². The SMILES string of the molecule is Cc1c(Cc2ccccc2S(=O)(=O)N2CCOCC2)c2c(n1CC(=O)O)C(C)(C)CCC2. The van der Waals surface area contributed by atoms with E-state index in [4.69, 9.17) is 4.74 Å². The maximum Gasteiger partial charge on any atom is 0.323 e. The van der Waals surface area contributed by atoms with Gasteiger partial charge in [0.2, 0.25) is 10.0 Å². The van der Waals surface area contributed by atoms with E-state index in [1.807, 2.05) is 23.6 Å². The Balaban J connectivity index is 1.80. The maximum absolute atomic E-state index is 13.4. The first-order chi connectivity index (χ1) is 15.1. The maximum atomic E-state index is 13.4. The Morgan fingerprint density at radius 3 is 2.56 bits per heavy atom. The van der Waals surface area contributed by atoms with Crippen LogP contribution in [-0.2, 0) is 44.4 Å². The van der Waals surface area contributed by atoms with Crippen LogP contribution in [0.4, 0.5) is 0 Å². The minimum absolute atomic E-state index is 0.0781. The van der Waals surface area contributed by atoms with Gasteiger partial charge in [-0.3, -0.25) is 4.79 Å². The molecule has 1 fully saturated rings. The van der Waals surface area contributed by atoms with E-state index in [1.54, 1.807) is 12.1 Å². The molecule has 0 saturated carbocycles. The van der Waals surface area contributed by atoms with Crippen molar-refractivity contribution in [1.29, 1.82) is 0 Å². The molecule has 1 aliphatic carbocycles. The molecule has 0 radical (unpaired) electrons. The number of benzene rings is 1. The molecule has 7 nitrogen and oxygen atoms in total. The van der Waals surface area contributed by atoms with Gasteiger partial charge in [-0.2, -0.15) is 4.31 Å². The van der Waals surface area contributed by atoms with Crippen molar-refractivity contribution < 1.29 is 23.1 Å². The molecule has 0 bridgehead atoms. The van der Waals surface area contributed by atoms with Crippen molar-refractivity contribution in [3.8, 4) is 0 Å². The van der Waals surface area contributed by atoms with Crippen molar-refractivity contribution in [2.75, 3.05) is 26.3 Å². The average Bonchev–Trinajstić information content (AvgIpc) is 3.01. The number of morpholine rings is 1. The second-order valence-electron chi connectivity index (χ2n) is 9.41. The summed E-state index contributed by atoms with van der Waals surface area (Å²) < 4.78 is 35.6. The number of ether oxygens (including phenoxy) is 1. The first-order valence-corrected chi connectivity index (χ1v) is 12.7. The van der Waals surface area contributed by atoms with E-state index in [0.29, 0.717) is 37.6 Å². The molecule has 1 saturated heterocycles. The largest absolute Gasteiger partial charge is 0.480 e. The Hall–Kier alpha value is -2.16. The van der Waals surface area contributed by atoms with E-state index in [-0.39, 0.29) is 12.0 Å². The number of nitrogens with zero attached hydrogens (tertiary/aromatic N) is 2. The molecule has 2 aromatic rings. The highest BCUT2D eigenvalue weighted by molar-refractivity contribution is 7.89. The molecule has 0 amide bonds. The van der Waals surface area contributed by atoms with E-state index in [1.165, 1.54) is 9.87 Å². The summed E-state index contributed by atoms with van der Waals surface area (Å²) in [4.78, 5) is 12.0. The predicted octanol–water partition coefficient (Wildman–Crippen LogP) is 3.11. The lowest BCUT2D eigenvalue weighted by Gasteiger charge is -2.32. The van der Waals surface area contributed by atoms with Gasteiger partial charge in [-0.1, -0.05) is 32.0 Å². The second kappa shape index (κ2) is 8.65. The highest BCUT2D eigenvalue weighted by Gasteiger charge is 2.36. The molecule has 1 N–H and O–H groups in total. The lowest BCUT2D eigenvalue weighted by atomic mass is 9.75. The Morgan fingerprint density at radius 2 is 1.88 bits per heavy atom. The lowest BCUT2D eigenvalue weighted by Crippen LogP contribution is -2.40. The van der Waals surface area contributed by atoms with Gasteiger partial charge < -0.3 is 14.4 Å². The number of aromatic nitrogens is 1. The minimum atomic E-state index is -3.63.